The molecular formula is C7H7Cl2O3. The Bertz CT molecular complexity index is 223. The lowest BCUT2D eigenvalue weighted by atomic mass is 10.1. The van der Waals surface area contributed by atoms with Gasteiger partial charge in [-0.1, -0.05) is 23.2 Å². The van der Waals surface area contributed by atoms with Gasteiger partial charge in [-0.3, -0.25) is 9.59 Å². The van der Waals surface area contributed by atoms with E-state index in [2.05, 4.69) is 0 Å². The monoisotopic (exact) mass is 209 g/mol. The number of allylic oxidation sites excluding steroid dienone is 1. The van der Waals surface area contributed by atoms with Gasteiger partial charge in [-0.25, -0.2) is 0 Å². The van der Waals surface area contributed by atoms with E-state index in [1.165, 1.54) is 13.2 Å². The van der Waals surface area contributed by atoms with Crippen LogP contribution in [0.2, 0.25) is 0 Å². The van der Waals surface area contributed by atoms with E-state index in [1.54, 1.807) is 0 Å². The molecule has 1 radical (unpaired) electrons. The summed E-state index contributed by atoms with van der Waals surface area (Å²) in [5.74, 6) is -1.96. The van der Waals surface area contributed by atoms with Crippen LogP contribution < -0.4 is 0 Å². The molecule has 0 saturated carbocycles. The quantitative estimate of drug-likeness (QED) is 0.770. The van der Waals surface area contributed by atoms with Crippen LogP contribution in [-0.4, -0.2) is 17.4 Å². The van der Waals surface area contributed by atoms with E-state index in [9.17, 15) is 9.59 Å². The lowest BCUT2D eigenvalue weighted by Gasteiger charge is -2.05. The molecule has 0 aromatic carbocycles. The number of carbonyl (C=O) groups is 1. The maximum atomic E-state index is 10.4. The normalized spacial score (nSPS) is 14.9. The first-order valence-corrected chi connectivity index (χ1v) is 3.88. The minimum Gasteiger partial charge on any atom is -0.481 e. The summed E-state index contributed by atoms with van der Waals surface area (Å²) < 4.78 is 0. The van der Waals surface area contributed by atoms with Crippen molar-refractivity contribution in [2.45, 2.75) is 13.3 Å². The molecule has 5 heteroatoms. The average molecular weight is 210 g/mol. The van der Waals surface area contributed by atoms with Crippen LogP contribution in [0.1, 0.15) is 13.3 Å². The van der Waals surface area contributed by atoms with E-state index in [1.807, 2.05) is 0 Å². The van der Waals surface area contributed by atoms with Crippen molar-refractivity contribution in [3.8, 4) is 0 Å². The van der Waals surface area contributed by atoms with Gasteiger partial charge >= 0.3 is 5.97 Å². The highest BCUT2D eigenvalue weighted by atomic mass is 35.5. The molecule has 0 saturated heterocycles. The zero-order valence-corrected chi connectivity index (χ0v) is 7.82. The number of carbonyl (C=O) groups excluding carboxylic acids is 1. The summed E-state index contributed by atoms with van der Waals surface area (Å²) in [6.45, 7) is 1.39. The molecule has 3 nitrogen and oxygen atoms in total. The molecule has 0 aromatic heterocycles. The van der Waals surface area contributed by atoms with Gasteiger partial charge in [-0.2, -0.15) is 0 Å². The Hall–Kier alpha value is -0.540. The van der Waals surface area contributed by atoms with Crippen molar-refractivity contribution in [3.63, 3.8) is 0 Å². The van der Waals surface area contributed by atoms with Gasteiger partial charge < -0.3 is 5.11 Å². The molecule has 0 heterocycles. The van der Waals surface area contributed by atoms with Crippen LogP contribution in [0, 0.1) is 5.92 Å². The van der Waals surface area contributed by atoms with Crippen LogP contribution in [0.5, 0.6) is 0 Å². The van der Waals surface area contributed by atoms with Crippen molar-refractivity contribution < 1.29 is 14.7 Å². The fourth-order valence-corrected chi connectivity index (χ4v) is 0.870. The van der Waals surface area contributed by atoms with Crippen molar-refractivity contribution in [1.29, 1.82) is 0 Å². The zero-order valence-electron chi connectivity index (χ0n) is 6.30. The maximum Gasteiger partial charge on any atom is 0.311 e. The van der Waals surface area contributed by atoms with Crippen LogP contribution in [0.25, 0.3) is 0 Å². The molecule has 67 valence electrons. The van der Waals surface area contributed by atoms with E-state index in [4.69, 9.17) is 28.3 Å². The summed E-state index contributed by atoms with van der Waals surface area (Å²) in [7, 11) is 0. The number of hydrogen-bond donors (Lipinski definition) is 1. The van der Waals surface area contributed by atoms with Gasteiger partial charge in [0.2, 0.25) is 6.29 Å². The molecule has 1 N–H and O–H groups in total. The van der Waals surface area contributed by atoms with Gasteiger partial charge in [0.25, 0.3) is 0 Å². The van der Waals surface area contributed by atoms with Gasteiger partial charge in [0.1, 0.15) is 0 Å². The first kappa shape index (κ1) is 11.5. The topological polar surface area (TPSA) is 54.4 Å². The largest absolute Gasteiger partial charge is 0.481 e. The van der Waals surface area contributed by atoms with Crippen LogP contribution in [-0.2, 0) is 9.59 Å². The maximum absolute atomic E-state index is 10.4. The molecule has 0 bridgehead atoms. The minimum atomic E-state index is -1.08. The molecule has 12 heavy (non-hydrogen) atoms. The fourth-order valence-electron chi connectivity index (χ4n) is 0.491. The second-order valence-electron chi connectivity index (χ2n) is 2.13. The van der Waals surface area contributed by atoms with Crippen molar-refractivity contribution in [2.75, 3.05) is 0 Å². The second kappa shape index (κ2) is 5.17. The highest BCUT2D eigenvalue weighted by molar-refractivity contribution is 6.40. The summed E-state index contributed by atoms with van der Waals surface area (Å²) in [6.07, 6.45) is 1.36. The third-order valence-corrected chi connectivity index (χ3v) is 2.23. The first-order valence-electron chi connectivity index (χ1n) is 3.12. The third-order valence-electron chi connectivity index (χ3n) is 1.24. The van der Waals surface area contributed by atoms with Crippen molar-refractivity contribution in [3.05, 3.63) is 10.1 Å². The summed E-state index contributed by atoms with van der Waals surface area (Å²) in [5.41, 5.74) is 0. The predicted molar refractivity (Wildman–Crippen MR) is 45.8 cm³/mol. The minimum absolute atomic E-state index is 0.0208. The number of halogens is 2. The third kappa shape index (κ3) is 3.24. The molecule has 0 aliphatic rings. The van der Waals surface area contributed by atoms with E-state index >= 15 is 0 Å². The van der Waals surface area contributed by atoms with E-state index in [0.29, 0.717) is 0 Å². The van der Waals surface area contributed by atoms with Gasteiger partial charge in [0.15, 0.2) is 0 Å². The van der Waals surface area contributed by atoms with Crippen LogP contribution >= 0.6 is 23.2 Å². The Labute approximate surface area is 80.0 Å². The van der Waals surface area contributed by atoms with E-state index < -0.39 is 11.9 Å². The molecular weight excluding hydrogens is 203 g/mol. The highest BCUT2D eigenvalue weighted by Gasteiger charge is 2.17. The Morgan fingerprint density at radius 3 is 2.42 bits per heavy atom. The average Bonchev–Trinajstić information content (AvgIpc) is 2.02. The Morgan fingerprint density at radius 2 is 2.08 bits per heavy atom. The zero-order chi connectivity index (χ0) is 9.72. The predicted octanol–water partition coefficient (Wildman–Crippen LogP) is 1.90. The number of aliphatic carboxylic acids is 1. The first-order chi connectivity index (χ1) is 5.50. The van der Waals surface area contributed by atoms with Crippen LogP contribution in [0.3, 0.4) is 0 Å². The summed E-state index contributed by atoms with van der Waals surface area (Å²) >= 11 is 11.0. The van der Waals surface area contributed by atoms with Crippen molar-refractivity contribution in [1.82, 2.24) is 0 Å². The molecule has 0 amide bonds. The summed E-state index contributed by atoms with van der Waals surface area (Å²) in [5, 5.41) is 8.50. The smallest absolute Gasteiger partial charge is 0.311 e. The molecule has 0 spiro atoms. The van der Waals surface area contributed by atoms with Crippen molar-refractivity contribution >= 4 is 35.5 Å². The SMILES string of the molecule is CC(C(=O)O)/C(Cl)=C(\Cl)C[C]=O. The summed E-state index contributed by atoms with van der Waals surface area (Å²) in [6, 6.07) is 0. The van der Waals surface area contributed by atoms with E-state index in [-0.39, 0.29) is 16.5 Å². The van der Waals surface area contributed by atoms with Crippen LogP contribution in [0.15, 0.2) is 10.1 Å². The standard InChI is InChI=1S/C7H7Cl2O3/c1-4(7(11)12)6(9)5(8)2-3-10/h4H,2H2,1H3,(H,11,12)/b6-5+. The Morgan fingerprint density at radius 1 is 1.58 bits per heavy atom. The lowest BCUT2D eigenvalue weighted by Crippen LogP contribution is -2.10. The van der Waals surface area contributed by atoms with Crippen molar-refractivity contribution in [2.24, 2.45) is 5.92 Å². The molecule has 1 unspecified atom stereocenters. The summed E-state index contributed by atoms with van der Waals surface area (Å²) in [4.78, 5) is 20.2. The van der Waals surface area contributed by atoms with Crippen LogP contribution in [0.4, 0.5) is 0 Å². The molecule has 1 atom stereocenters. The fraction of sp³-hybridized carbons (Fsp3) is 0.429. The molecule has 0 aliphatic heterocycles. The van der Waals surface area contributed by atoms with Gasteiger partial charge in [0.05, 0.1) is 12.3 Å². The second-order valence-corrected chi connectivity index (χ2v) is 3.00. The van der Waals surface area contributed by atoms with Gasteiger partial charge in [-0.15, -0.1) is 0 Å². The van der Waals surface area contributed by atoms with E-state index in [0.717, 1.165) is 0 Å². The Kier molecular flexibility index (Phi) is 4.93. The molecule has 0 aromatic rings. The van der Waals surface area contributed by atoms with Gasteiger partial charge in [-0.05, 0) is 6.92 Å². The highest BCUT2D eigenvalue weighted by Crippen LogP contribution is 2.24. The Balaban J connectivity index is 4.52. The lowest BCUT2D eigenvalue weighted by molar-refractivity contribution is -0.139. The molecule has 0 fully saturated rings. The number of hydrogen-bond acceptors (Lipinski definition) is 2. The number of rotatable bonds is 4. The molecule has 0 rings (SSSR count). The number of carboxylic acid groups (broad SMARTS) is 1. The van der Waals surface area contributed by atoms with Gasteiger partial charge in [0, 0.05) is 10.1 Å². The number of carboxylic acids is 1. The molecule has 0 aliphatic carbocycles.